The van der Waals surface area contributed by atoms with Crippen LogP contribution in [-0.4, -0.2) is 32.3 Å². The van der Waals surface area contributed by atoms with E-state index < -0.39 is 0 Å². The number of rotatable bonds is 6. The molecule has 3 aromatic heterocycles. The van der Waals surface area contributed by atoms with E-state index in [-0.39, 0.29) is 17.4 Å². The average molecular weight is 431 g/mol. The Morgan fingerprint density at radius 1 is 1.25 bits per heavy atom. The van der Waals surface area contributed by atoms with Gasteiger partial charge in [-0.3, -0.25) is 14.6 Å². The lowest BCUT2D eigenvalue weighted by molar-refractivity contribution is 0.102. The van der Waals surface area contributed by atoms with Crippen molar-refractivity contribution < 1.29 is 13.9 Å². The van der Waals surface area contributed by atoms with Crippen molar-refractivity contribution in [3.63, 3.8) is 0 Å². The van der Waals surface area contributed by atoms with Crippen LogP contribution in [0.1, 0.15) is 35.0 Å². The van der Waals surface area contributed by atoms with Crippen LogP contribution in [0.5, 0.6) is 5.75 Å². The molecule has 0 bridgehead atoms. The molecule has 1 amide bonds. The lowest BCUT2D eigenvalue weighted by Crippen LogP contribution is -2.21. The highest BCUT2D eigenvalue weighted by Crippen LogP contribution is 2.26. The topological polar surface area (TPSA) is 115 Å². The van der Waals surface area contributed by atoms with E-state index in [0.717, 1.165) is 18.5 Å². The molecule has 32 heavy (non-hydrogen) atoms. The SMILES string of the molecule is CCOc1ccccc1C(=O)Nc1cc(-c2ccco2)nn1-c1nc2c(c(=O)[nH]1)CCC2. The van der Waals surface area contributed by atoms with Crippen LogP contribution >= 0.6 is 0 Å². The summed E-state index contributed by atoms with van der Waals surface area (Å²) in [5, 5.41) is 7.41. The number of nitrogens with one attached hydrogen (secondary N) is 2. The molecule has 9 heteroatoms. The second kappa shape index (κ2) is 8.18. The summed E-state index contributed by atoms with van der Waals surface area (Å²) >= 11 is 0. The van der Waals surface area contributed by atoms with Gasteiger partial charge in [0, 0.05) is 11.6 Å². The second-order valence-corrected chi connectivity index (χ2v) is 7.36. The van der Waals surface area contributed by atoms with E-state index in [9.17, 15) is 9.59 Å². The maximum absolute atomic E-state index is 13.1. The van der Waals surface area contributed by atoms with Crippen molar-refractivity contribution in [3.8, 4) is 23.2 Å². The number of benzene rings is 1. The van der Waals surface area contributed by atoms with Crippen molar-refractivity contribution in [2.24, 2.45) is 0 Å². The minimum Gasteiger partial charge on any atom is -0.493 e. The van der Waals surface area contributed by atoms with Crippen LogP contribution in [0.3, 0.4) is 0 Å². The summed E-state index contributed by atoms with van der Waals surface area (Å²) in [6.07, 6.45) is 3.89. The molecule has 0 aliphatic heterocycles. The number of anilines is 1. The Bertz CT molecular complexity index is 1340. The fraction of sp³-hybridized carbons (Fsp3) is 0.217. The number of aryl methyl sites for hydroxylation is 1. The van der Waals surface area contributed by atoms with Crippen LogP contribution in [0.2, 0.25) is 0 Å². The number of nitrogens with zero attached hydrogens (tertiary/aromatic N) is 3. The summed E-state index contributed by atoms with van der Waals surface area (Å²) in [6, 6.07) is 12.2. The van der Waals surface area contributed by atoms with E-state index >= 15 is 0 Å². The Hall–Kier alpha value is -4.14. The van der Waals surface area contributed by atoms with Gasteiger partial charge >= 0.3 is 0 Å². The van der Waals surface area contributed by atoms with Crippen molar-refractivity contribution in [1.82, 2.24) is 19.7 Å². The first kappa shape index (κ1) is 19.8. The zero-order valence-electron chi connectivity index (χ0n) is 17.4. The number of ether oxygens (including phenoxy) is 1. The van der Waals surface area contributed by atoms with Crippen molar-refractivity contribution in [1.29, 1.82) is 0 Å². The zero-order valence-corrected chi connectivity index (χ0v) is 17.4. The molecule has 162 valence electrons. The molecule has 1 aromatic carbocycles. The summed E-state index contributed by atoms with van der Waals surface area (Å²) in [6.45, 7) is 2.29. The first-order valence-electron chi connectivity index (χ1n) is 10.4. The summed E-state index contributed by atoms with van der Waals surface area (Å²) < 4.78 is 12.5. The van der Waals surface area contributed by atoms with Gasteiger partial charge in [-0.1, -0.05) is 12.1 Å². The molecular weight excluding hydrogens is 410 g/mol. The fourth-order valence-corrected chi connectivity index (χ4v) is 3.82. The van der Waals surface area contributed by atoms with Gasteiger partial charge in [0.05, 0.1) is 24.1 Å². The van der Waals surface area contributed by atoms with E-state index in [2.05, 4.69) is 20.4 Å². The second-order valence-electron chi connectivity index (χ2n) is 7.36. The standard InChI is InChI=1S/C23H21N5O4/c1-2-31-18-10-4-3-7-15(18)22(30)25-20-13-17(19-11-6-12-32-19)27-28(20)23-24-16-9-5-8-14(16)21(29)26-23/h3-4,6-7,10-13H,2,5,8-9H2,1H3,(H,25,30)(H,24,26,29). The third kappa shape index (κ3) is 3.58. The number of para-hydroxylation sites is 1. The molecule has 2 N–H and O–H groups in total. The van der Waals surface area contributed by atoms with Gasteiger partial charge in [-0.25, -0.2) is 4.98 Å². The lowest BCUT2D eigenvalue weighted by atomic mass is 10.2. The molecule has 0 saturated carbocycles. The Labute approximate surface area is 183 Å². The molecule has 0 radical (unpaired) electrons. The average Bonchev–Trinajstić information content (AvgIpc) is 3.55. The smallest absolute Gasteiger partial charge is 0.260 e. The predicted octanol–water partition coefficient (Wildman–Crippen LogP) is 3.36. The van der Waals surface area contributed by atoms with Gasteiger partial charge in [0.2, 0.25) is 5.95 Å². The molecule has 1 aliphatic rings. The lowest BCUT2D eigenvalue weighted by Gasteiger charge is -2.11. The van der Waals surface area contributed by atoms with E-state index in [1.165, 1.54) is 4.68 Å². The normalized spacial score (nSPS) is 12.5. The van der Waals surface area contributed by atoms with Gasteiger partial charge in [0.1, 0.15) is 17.3 Å². The van der Waals surface area contributed by atoms with Crippen molar-refractivity contribution in [2.75, 3.05) is 11.9 Å². The van der Waals surface area contributed by atoms with Crippen LogP contribution in [0.4, 0.5) is 5.82 Å². The van der Waals surface area contributed by atoms with Crippen LogP contribution < -0.4 is 15.6 Å². The summed E-state index contributed by atoms with van der Waals surface area (Å²) in [5.41, 5.74) is 2.17. The number of carbonyl (C=O) groups is 1. The first-order chi connectivity index (χ1) is 15.6. The highest BCUT2D eigenvalue weighted by atomic mass is 16.5. The largest absolute Gasteiger partial charge is 0.493 e. The Balaban J connectivity index is 1.57. The van der Waals surface area contributed by atoms with E-state index in [0.29, 0.717) is 47.2 Å². The van der Waals surface area contributed by atoms with Gasteiger partial charge in [-0.15, -0.1) is 0 Å². The van der Waals surface area contributed by atoms with Crippen LogP contribution in [0, 0.1) is 0 Å². The highest BCUT2D eigenvalue weighted by molar-refractivity contribution is 6.06. The van der Waals surface area contributed by atoms with Crippen LogP contribution in [0.25, 0.3) is 17.4 Å². The Morgan fingerprint density at radius 2 is 2.12 bits per heavy atom. The zero-order chi connectivity index (χ0) is 22.1. The van der Waals surface area contributed by atoms with Gasteiger partial charge in [-0.2, -0.15) is 9.78 Å². The number of aromatic nitrogens is 4. The summed E-state index contributed by atoms with van der Waals surface area (Å²) in [7, 11) is 0. The number of H-pyrrole nitrogens is 1. The van der Waals surface area contributed by atoms with Crippen LogP contribution in [0.15, 0.2) is 57.9 Å². The molecule has 5 rings (SSSR count). The number of amides is 1. The number of aromatic amines is 1. The molecule has 4 aromatic rings. The van der Waals surface area contributed by atoms with Crippen molar-refractivity contribution in [3.05, 3.63) is 75.9 Å². The van der Waals surface area contributed by atoms with Crippen LogP contribution in [-0.2, 0) is 12.8 Å². The number of furan rings is 1. The quantitative estimate of drug-likeness (QED) is 0.484. The molecule has 1 aliphatic carbocycles. The number of fused-ring (bicyclic) bond motifs is 1. The summed E-state index contributed by atoms with van der Waals surface area (Å²) in [4.78, 5) is 33.0. The van der Waals surface area contributed by atoms with Gasteiger partial charge in [-0.05, 0) is 50.5 Å². The molecular formula is C23H21N5O4. The molecule has 3 heterocycles. The van der Waals surface area contributed by atoms with Gasteiger partial charge in [0.25, 0.3) is 11.5 Å². The van der Waals surface area contributed by atoms with E-state index in [1.54, 1.807) is 48.7 Å². The number of carbonyl (C=O) groups excluding carboxylic acids is 1. The van der Waals surface area contributed by atoms with Crippen molar-refractivity contribution in [2.45, 2.75) is 26.2 Å². The molecule has 9 nitrogen and oxygen atoms in total. The molecule has 0 fully saturated rings. The predicted molar refractivity (Wildman–Crippen MR) is 117 cm³/mol. The maximum atomic E-state index is 13.1. The third-order valence-corrected chi connectivity index (χ3v) is 5.29. The molecule has 0 atom stereocenters. The maximum Gasteiger partial charge on any atom is 0.260 e. The highest BCUT2D eigenvalue weighted by Gasteiger charge is 2.22. The first-order valence-corrected chi connectivity index (χ1v) is 10.4. The summed E-state index contributed by atoms with van der Waals surface area (Å²) in [5.74, 6) is 1.21. The molecule has 0 saturated heterocycles. The Kier molecular flexibility index (Phi) is 5.06. The minimum absolute atomic E-state index is 0.184. The molecule has 0 spiro atoms. The van der Waals surface area contributed by atoms with Crippen molar-refractivity contribution >= 4 is 11.7 Å². The van der Waals surface area contributed by atoms with Gasteiger partial charge in [0.15, 0.2) is 5.76 Å². The Morgan fingerprint density at radius 3 is 2.94 bits per heavy atom. The number of hydrogen-bond acceptors (Lipinski definition) is 6. The minimum atomic E-state index is -0.371. The monoisotopic (exact) mass is 431 g/mol. The fourth-order valence-electron chi connectivity index (χ4n) is 3.82. The van der Waals surface area contributed by atoms with E-state index in [1.807, 2.05) is 6.92 Å². The third-order valence-electron chi connectivity index (χ3n) is 5.29. The van der Waals surface area contributed by atoms with E-state index in [4.69, 9.17) is 9.15 Å². The molecule has 0 unspecified atom stereocenters. The number of hydrogen-bond donors (Lipinski definition) is 2. The van der Waals surface area contributed by atoms with Gasteiger partial charge < -0.3 is 14.5 Å².